The molecule has 1 unspecified atom stereocenters. The van der Waals surface area contributed by atoms with E-state index in [0.717, 1.165) is 19.2 Å². The van der Waals surface area contributed by atoms with E-state index in [2.05, 4.69) is 4.90 Å². The zero-order valence-corrected chi connectivity index (χ0v) is 12.8. The lowest BCUT2D eigenvalue weighted by molar-refractivity contribution is 0.0697. The first-order valence-corrected chi connectivity index (χ1v) is 8.10. The van der Waals surface area contributed by atoms with Gasteiger partial charge in [0.2, 0.25) is 10.0 Å². The number of carboxylic acids is 1. The number of aromatic carboxylic acids is 1. The molecule has 0 aromatic heterocycles. The van der Waals surface area contributed by atoms with Crippen LogP contribution >= 0.6 is 0 Å². The minimum absolute atomic E-state index is 0.0436. The number of hydrogen-bond donors (Lipinski definition) is 2. The summed E-state index contributed by atoms with van der Waals surface area (Å²) in [6.07, 6.45) is 0. The van der Waals surface area contributed by atoms with Crippen molar-refractivity contribution in [2.75, 3.05) is 31.6 Å². The van der Waals surface area contributed by atoms with Crippen LogP contribution in [0.4, 0.5) is 5.69 Å². The molecular weight excluding hydrogens is 294 g/mol. The molecule has 21 heavy (non-hydrogen) atoms. The Kier molecular flexibility index (Phi) is 4.22. The van der Waals surface area contributed by atoms with E-state index in [0.29, 0.717) is 12.2 Å². The number of hydrogen-bond acceptors (Lipinski definition) is 5. The van der Waals surface area contributed by atoms with Crippen LogP contribution in [0.25, 0.3) is 0 Å². The second-order valence-corrected chi connectivity index (χ2v) is 6.90. The third kappa shape index (κ3) is 3.34. The number of rotatable bonds is 3. The number of piperazine rings is 1. The Hall–Kier alpha value is -1.64. The largest absolute Gasteiger partial charge is 0.478 e. The number of sulfonamides is 1. The van der Waals surface area contributed by atoms with Gasteiger partial charge in [0.15, 0.2) is 0 Å². The summed E-state index contributed by atoms with van der Waals surface area (Å²) in [5, 5.41) is 14.4. The molecule has 1 aromatic carbocycles. The fourth-order valence-electron chi connectivity index (χ4n) is 2.61. The van der Waals surface area contributed by atoms with Crippen molar-refractivity contribution in [3.63, 3.8) is 0 Å². The second-order valence-electron chi connectivity index (χ2n) is 5.33. The molecule has 1 fully saturated rings. The van der Waals surface area contributed by atoms with E-state index in [-0.39, 0.29) is 16.5 Å². The first-order valence-electron chi connectivity index (χ1n) is 6.55. The van der Waals surface area contributed by atoms with Crippen molar-refractivity contribution in [2.45, 2.75) is 17.9 Å². The third-order valence-corrected chi connectivity index (χ3v) is 4.58. The lowest BCUT2D eigenvalue weighted by Crippen LogP contribution is -2.51. The summed E-state index contributed by atoms with van der Waals surface area (Å²) in [4.78, 5) is 15.4. The van der Waals surface area contributed by atoms with Crippen LogP contribution in [-0.4, -0.2) is 57.1 Å². The van der Waals surface area contributed by atoms with Crippen LogP contribution in [0.2, 0.25) is 0 Å². The molecule has 1 atom stereocenters. The van der Waals surface area contributed by atoms with Crippen LogP contribution in [0.15, 0.2) is 23.1 Å². The van der Waals surface area contributed by atoms with E-state index in [9.17, 15) is 18.3 Å². The number of nitrogens with zero attached hydrogens (tertiary/aromatic N) is 2. The predicted molar refractivity (Wildman–Crippen MR) is 79.1 cm³/mol. The topological polar surface area (TPSA) is 104 Å². The molecule has 0 saturated carbocycles. The van der Waals surface area contributed by atoms with Gasteiger partial charge in [-0.25, -0.2) is 18.4 Å². The summed E-state index contributed by atoms with van der Waals surface area (Å²) < 4.78 is 22.7. The van der Waals surface area contributed by atoms with Crippen LogP contribution < -0.4 is 10.0 Å². The number of carboxylic acid groups (broad SMARTS) is 1. The van der Waals surface area contributed by atoms with Gasteiger partial charge in [0, 0.05) is 25.7 Å². The van der Waals surface area contributed by atoms with Crippen molar-refractivity contribution in [3.05, 3.63) is 23.8 Å². The average molecular weight is 313 g/mol. The molecule has 0 bridgehead atoms. The molecular formula is C13H19N3O4S. The van der Waals surface area contributed by atoms with Crippen molar-refractivity contribution in [3.8, 4) is 0 Å². The van der Waals surface area contributed by atoms with E-state index < -0.39 is 16.0 Å². The first kappa shape index (κ1) is 15.7. The minimum atomic E-state index is -3.92. The van der Waals surface area contributed by atoms with Gasteiger partial charge in [-0.15, -0.1) is 0 Å². The van der Waals surface area contributed by atoms with Gasteiger partial charge in [0.1, 0.15) is 0 Å². The SMILES string of the molecule is CC1CN(C)CCN1c1ccc(S(N)(=O)=O)cc1C(=O)O. The maximum absolute atomic E-state index is 11.4. The van der Waals surface area contributed by atoms with Crippen molar-refractivity contribution >= 4 is 21.7 Å². The van der Waals surface area contributed by atoms with Crippen molar-refractivity contribution in [1.29, 1.82) is 0 Å². The number of benzene rings is 1. The maximum Gasteiger partial charge on any atom is 0.337 e. The van der Waals surface area contributed by atoms with Gasteiger partial charge < -0.3 is 14.9 Å². The minimum Gasteiger partial charge on any atom is -0.478 e. The molecule has 8 heteroatoms. The Bertz CT molecular complexity index is 659. The molecule has 116 valence electrons. The molecule has 0 spiro atoms. The summed E-state index contributed by atoms with van der Waals surface area (Å²) in [5.41, 5.74) is 0.480. The van der Waals surface area contributed by atoms with Crippen molar-refractivity contribution in [2.24, 2.45) is 5.14 Å². The van der Waals surface area contributed by atoms with Crippen LogP contribution in [0, 0.1) is 0 Å². The molecule has 0 amide bonds. The number of nitrogens with two attached hydrogens (primary N) is 1. The highest BCUT2D eigenvalue weighted by atomic mass is 32.2. The Morgan fingerprint density at radius 3 is 2.57 bits per heavy atom. The van der Waals surface area contributed by atoms with E-state index in [1.807, 2.05) is 18.9 Å². The summed E-state index contributed by atoms with van der Waals surface area (Å²) in [6.45, 7) is 4.33. The summed E-state index contributed by atoms with van der Waals surface area (Å²) >= 11 is 0. The fraction of sp³-hybridized carbons (Fsp3) is 0.462. The standard InChI is InChI=1S/C13H19N3O4S/c1-9-8-15(2)5-6-16(9)12-4-3-10(21(14,19)20)7-11(12)13(17)18/h3-4,7,9H,5-6,8H2,1-2H3,(H,17,18)(H2,14,19,20). The molecule has 1 heterocycles. The van der Waals surface area contributed by atoms with Gasteiger partial charge in [-0.05, 0) is 32.2 Å². The van der Waals surface area contributed by atoms with Gasteiger partial charge in [0.05, 0.1) is 16.1 Å². The quantitative estimate of drug-likeness (QED) is 0.824. The molecule has 1 aliphatic heterocycles. The van der Waals surface area contributed by atoms with Gasteiger partial charge in [-0.1, -0.05) is 0 Å². The highest BCUT2D eigenvalue weighted by Gasteiger charge is 2.26. The number of carbonyl (C=O) groups is 1. The molecule has 0 aliphatic carbocycles. The lowest BCUT2D eigenvalue weighted by atomic mass is 10.1. The second kappa shape index (κ2) is 5.63. The summed E-state index contributed by atoms with van der Waals surface area (Å²) in [6, 6.07) is 4.13. The Morgan fingerprint density at radius 1 is 1.38 bits per heavy atom. The van der Waals surface area contributed by atoms with Gasteiger partial charge >= 0.3 is 5.97 Å². The third-order valence-electron chi connectivity index (χ3n) is 3.67. The van der Waals surface area contributed by atoms with Crippen LogP contribution in [0.5, 0.6) is 0 Å². The van der Waals surface area contributed by atoms with Gasteiger partial charge in [0.25, 0.3) is 0 Å². The zero-order chi connectivity index (χ0) is 15.8. The number of likely N-dealkylation sites (N-methyl/N-ethyl adjacent to an activating group) is 1. The van der Waals surface area contributed by atoms with Crippen molar-refractivity contribution < 1.29 is 18.3 Å². The smallest absolute Gasteiger partial charge is 0.337 e. The maximum atomic E-state index is 11.4. The summed E-state index contributed by atoms with van der Waals surface area (Å²) in [7, 11) is -1.91. The predicted octanol–water partition coefficient (Wildman–Crippen LogP) is 0.173. The Morgan fingerprint density at radius 2 is 2.05 bits per heavy atom. The zero-order valence-electron chi connectivity index (χ0n) is 12.0. The summed E-state index contributed by atoms with van der Waals surface area (Å²) in [5.74, 6) is -1.17. The van der Waals surface area contributed by atoms with Crippen molar-refractivity contribution in [1.82, 2.24) is 4.90 Å². The molecule has 1 aliphatic rings. The van der Waals surface area contributed by atoms with Crippen LogP contribution in [0.1, 0.15) is 17.3 Å². The number of primary sulfonamides is 1. The average Bonchev–Trinajstić information content (AvgIpc) is 2.37. The van der Waals surface area contributed by atoms with Crippen LogP contribution in [0.3, 0.4) is 0 Å². The van der Waals surface area contributed by atoms with E-state index in [1.54, 1.807) is 0 Å². The molecule has 3 N–H and O–H groups in total. The normalized spacial score (nSPS) is 20.5. The van der Waals surface area contributed by atoms with Gasteiger partial charge in [-0.2, -0.15) is 0 Å². The van der Waals surface area contributed by atoms with E-state index >= 15 is 0 Å². The van der Waals surface area contributed by atoms with Gasteiger partial charge in [-0.3, -0.25) is 0 Å². The molecule has 1 aromatic rings. The highest BCUT2D eigenvalue weighted by molar-refractivity contribution is 7.89. The monoisotopic (exact) mass is 313 g/mol. The first-order chi connectivity index (χ1) is 9.70. The Labute approximate surface area is 124 Å². The lowest BCUT2D eigenvalue weighted by Gasteiger charge is -2.40. The van der Waals surface area contributed by atoms with Crippen LogP contribution in [-0.2, 0) is 10.0 Å². The molecule has 7 nitrogen and oxygen atoms in total. The van der Waals surface area contributed by atoms with E-state index in [1.165, 1.54) is 12.1 Å². The Balaban J connectivity index is 2.47. The fourth-order valence-corrected chi connectivity index (χ4v) is 3.15. The molecule has 1 saturated heterocycles. The number of anilines is 1. The van der Waals surface area contributed by atoms with E-state index in [4.69, 9.17) is 5.14 Å². The molecule has 2 rings (SSSR count). The highest BCUT2D eigenvalue weighted by Crippen LogP contribution is 2.27. The molecule has 0 radical (unpaired) electrons.